The van der Waals surface area contributed by atoms with E-state index in [0.717, 1.165) is 23.2 Å². The Kier molecular flexibility index (Phi) is 5.01. The minimum Gasteiger partial charge on any atom is -0.223 e. The van der Waals surface area contributed by atoms with Gasteiger partial charge in [-0.15, -0.1) is 0 Å². The fraction of sp³-hybridized carbons (Fsp3) is 0.300. The molecule has 2 heterocycles. The minimum absolute atomic E-state index is 0.285. The molecule has 146 valence electrons. The lowest BCUT2D eigenvalue weighted by molar-refractivity contribution is 0.317. The Morgan fingerprint density at radius 1 is 1.07 bits per heavy atom. The summed E-state index contributed by atoms with van der Waals surface area (Å²) in [4.78, 5) is 3.94. The molecule has 1 atom stereocenters. The highest BCUT2D eigenvalue weighted by atomic mass is 32.2. The van der Waals surface area contributed by atoms with Gasteiger partial charge in [-0.25, -0.2) is 9.67 Å². The van der Waals surface area contributed by atoms with Gasteiger partial charge in [0.2, 0.25) is 0 Å². The van der Waals surface area contributed by atoms with Crippen LogP contribution in [-0.4, -0.2) is 45.4 Å². The van der Waals surface area contributed by atoms with Crippen LogP contribution in [0.1, 0.15) is 29.7 Å². The third-order valence-electron chi connectivity index (χ3n) is 5.39. The molecule has 4 rings (SSSR count). The number of nitrogens with zero attached hydrogens (tertiary/aromatic N) is 5. The van der Waals surface area contributed by atoms with E-state index in [2.05, 4.69) is 16.1 Å². The molecule has 0 N–H and O–H groups in total. The van der Waals surface area contributed by atoms with E-state index in [1.165, 1.54) is 16.2 Å². The summed E-state index contributed by atoms with van der Waals surface area (Å²) in [6.45, 7) is 2.82. The highest BCUT2D eigenvalue weighted by Gasteiger charge is 2.33. The quantitative estimate of drug-likeness (QED) is 0.663. The van der Waals surface area contributed by atoms with E-state index in [1.807, 2.05) is 49.4 Å². The van der Waals surface area contributed by atoms with E-state index in [9.17, 15) is 8.42 Å². The molecular weight excluding hydrogens is 374 g/mol. The molecule has 1 unspecified atom stereocenters. The second-order valence-electron chi connectivity index (χ2n) is 6.98. The molecule has 0 fully saturated rings. The van der Waals surface area contributed by atoms with E-state index < -0.39 is 10.2 Å². The van der Waals surface area contributed by atoms with Gasteiger partial charge in [0.05, 0.1) is 5.69 Å². The SMILES string of the molecule is CC(c1ccc(-n2cncn2)cc1)N(C)S(=O)(=O)N1CCc2ccccc2C1. The van der Waals surface area contributed by atoms with Crippen LogP contribution in [-0.2, 0) is 23.2 Å². The topological polar surface area (TPSA) is 71.3 Å². The fourth-order valence-corrected chi connectivity index (χ4v) is 5.02. The first kappa shape index (κ1) is 18.8. The van der Waals surface area contributed by atoms with E-state index in [4.69, 9.17) is 0 Å². The number of hydrogen-bond acceptors (Lipinski definition) is 4. The first-order valence-corrected chi connectivity index (χ1v) is 10.6. The van der Waals surface area contributed by atoms with Crippen molar-refractivity contribution in [2.24, 2.45) is 0 Å². The number of hydrogen-bond donors (Lipinski definition) is 0. The molecule has 8 heteroatoms. The van der Waals surface area contributed by atoms with Gasteiger partial charge in [-0.2, -0.15) is 22.1 Å². The Balaban J connectivity index is 1.52. The third kappa shape index (κ3) is 3.46. The molecular formula is C20H23N5O2S. The van der Waals surface area contributed by atoms with Crippen molar-refractivity contribution in [1.29, 1.82) is 0 Å². The van der Waals surface area contributed by atoms with E-state index in [1.54, 1.807) is 22.4 Å². The van der Waals surface area contributed by atoms with Crippen LogP contribution in [0.2, 0.25) is 0 Å². The summed E-state index contributed by atoms with van der Waals surface area (Å²) in [6, 6.07) is 15.4. The first-order chi connectivity index (χ1) is 13.5. The maximum atomic E-state index is 13.2. The minimum atomic E-state index is -3.57. The molecule has 0 amide bonds. The predicted molar refractivity (Wildman–Crippen MR) is 107 cm³/mol. The van der Waals surface area contributed by atoms with Crippen molar-refractivity contribution in [1.82, 2.24) is 23.4 Å². The number of fused-ring (bicyclic) bond motifs is 1. The standard InChI is InChI=1S/C20H23N5O2S/c1-16(17-7-9-20(10-8-17)25-15-21-14-22-25)23(2)28(26,27)24-12-11-18-5-3-4-6-19(18)13-24/h3-10,14-16H,11-13H2,1-2H3. The van der Waals surface area contributed by atoms with Crippen LogP contribution in [0, 0.1) is 0 Å². The molecule has 3 aromatic rings. The normalized spacial score (nSPS) is 16.1. The largest absolute Gasteiger partial charge is 0.282 e. The summed E-state index contributed by atoms with van der Waals surface area (Å²) in [5, 5.41) is 4.11. The van der Waals surface area contributed by atoms with Crippen molar-refractivity contribution >= 4 is 10.2 Å². The Labute approximate surface area is 165 Å². The Hall–Kier alpha value is -2.55. The van der Waals surface area contributed by atoms with Crippen molar-refractivity contribution in [3.8, 4) is 5.69 Å². The summed E-state index contributed by atoms with van der Waals surface area (Å²) in [5.41, 5.74) is 4.11. The third-order valence-corrected chi connectivity index (χ3v) is 7.40. The zero-order chi connectivity index (χ0) is 19.7. The average molecular weight is 398 g/mol. The summed E-state index contributed by atoms with van der Waals surface area (Å²) in [5.74, 6) is 0. The van der Waals surface area contributed by atoms with E-state index in [0.29, 0.717) is 13.1 Å². The van der Waals surface area contributed by atoms with Gasteiger partial charge in [0.25, 0.3) is 10.2 Å². The highest BCUT2D eigenvalue weighted by molar-refractivity contribution is 7.86. The molecule has 7 nitrogen and oxygen atoms in total. The Bertz CT molecular complexity index is 1050. The lowest BCUT2D eigenvalue weighted by atomic mass is 10.0. The maximum absolute atomic E-state index is 13.2. The molecule has 0 radical (unpaired) electrons. The van der Waals surface area contributed by atoms with Crippen LogP contribution >= 0.6 is 0 Å². The monoisotopic (exact) mass is 397 g/mol. The zero-order valence-corrected chi connectivity index (χ0v) is 16.7. The number of benzene rings is 2. The Morgan fingerprint density at radius 2 is 1.79 bits per heavy atom. The van der Waals surface area contributed by atoms with Crippen LogP contribution in [0.4, 0.5) is 0 Å². The van der Waals surface area contributed by atoms with Gasteiger partial charge < -0.3 is 0 Å². The average Bonchev–Trinajstić information content (AvgIpc) is 3.27. The second-order valence-corrected chi connectivity index (χ2v) is 8.97. The molecule has 0 saturated carbocycles. The van der Waals surface area contributed by atoms with Crippen LogP contribution in [0.3, 0.4) is 0 Å². The van der Waals surface area contributed by atoms with Crippen LogP contribution in [0.15, 0.2) is 61.2 Å². The van der Waals surface area contributed by atoms with Gasteiger partial charge in [0, 0.05) is 26.2 Å². The molecule has 1 aliphatic rings. The summed E-state index contributed by atoms with van der Waals surface area (Å²) >= 11 is 0. The molecule has 0 bridgehead atoms. The molecule has 28 heavy (non-hydrogen) atoms. The summed E-state index contributed by atoms with van der Waals surface area (Å²) < 4.78 is 31.1. The van der Waals surface area contributed by atoms with Gasteiger partial charge in [-0.3, -0.25) is 0 Å². The molecule has 0 spiro atoms. The van der Waals surface area contributed by atoms with Crippen LogP contribution in [0.25, 0.3) is 5.69 Å². The van der Waals surface area contributed by atoms with Crippen molar-refractivity contribution < 1.29 is 8.42 Å². The fourth-order valence-electron chi connectivity index (χ4n) is 3.51. The van der Waals surface area contributed by atoms with Gasteiger partial charge in [-0.1, -0.05) is 36.4 Å². The second kappa shape index (κ2) is 7.46. The van der Waals surface area contributed by atoms with E-state index in [-0.39, 0.29) is 6.04 Å². The molecule has 1 aliphatic heterocycles. The van der Waals surface area contributed by atoms with E-state index >= 15 is 0 Å². The smallest absolute Gasteiger partial charge is 0.223 e. The molecule has 2 aromatic carbocycles. The molecule has 0 saturated heterocycles. The predicted octanol–water partition coefficient (Wildman–Crippen LogP) is 2.56. The zero-order valence-electron chi connectivity index (χ0n) is 15.9. The number of rotatable bonds is 5. The van der Waals surface area contributed by atoms with Crippen LogP contribution < -0.4 is 0 Å². The van der Waals surface area contributed by atoms with Crippen LogP contribution in [0.5, 0.6) is 0 Å². The van der Waals surface area contributed by atoms with Crippen molar-refractivity contribution in [3.05, 3.63) is 77.9 Å². The lowest BCUT2D eigenvalue weighted by Crippen LogP contribution is -2.45. The first-order valence-electron chi connectivity index (χ1n) is 9.21. The van der Waals surface area contributed by atoms with Gasteiger partial charge in [0.1, 0.15) is 12.7 Å². The van der Waals surface area contributed by atoms with Crippen molar-refractivity contribution in [2.45, 2.75) is 25.9 Å². The van der Waals surface area contributed by atoms with Gasteiger partial charge >= 0.3 is 0 Å². The lowest BCUT2D eigenvalue weighted by Gasteiger charge is -2.34. The summed E-state index contributed by atoms with van der Waals surface area (Å²) in [7, 11) is -1.92. The highest BCUT2D eigenvalue weighted by Crippen LogP contribution is 2.27. The van der Waals surface area contributed by atoms with Gasteiger partial charge in [0.15, 0.2) is 0 Å². The molecule has 0 aliphatic carbocycles. The van der Waals surface area contributed by atoms with Gasteiger partial charge in [-0.05, 0) is 42.2 Å². The molecule has 1 aromatic heterocycles. The number of aromatic nitrogens is 3. The van der Waals surface area contributed by atoms with Crippen molar-refractivity contribution in [2.75, 3.05) is 13.6 Å². The Morgan fingerprint density at radius 3 is 2.46 bits per heavy atom. The maximum Gasteiger partial charge on any atom is 0.282 e. The summed E-state index contributed by atoms with van der Waals surface area (Å²) in [6.07, 6.45) is 3.85. The van der Waals surface area contributed by atoms with Crippen molar-refractivity contribution in [3.63, 3.8) is 0 Å².